The van der Waals surface area contributed by atoms with Gasteiger partial charge in [-0.05, 0) is 60.9 Å². The van der Waals surface area contributed by atoms with Gasteiger partial charge < -0.3 is 9.73 Å². The van der Waals surface area contributed by atoms with Gasteiger partial charge in [0.2, 0.25) is 11.8 Å². The minimum absolute atomic E-state index is 0.287. The van der Waals surface area contributed by atoms with Gasteiger partial charge in [0.1, 0.15) is 11.9 Å². The maximum atomic E-state index is 13.5. The number of benzene rings is 3. The molecule has 0 aliphatic heterocycles. The molecule has 3 aromatic carbocycles. The molecule has 0 amide bonds. The third-order valence-corrected chi connectivity index (χ3v) is 4.60. The highest BCUT2D eigenvalue weighted by atomic mass is 19.1. The molecule has 5 heteroatoms. The van der Waals surface area contributed by atoms with Crippen LogP contribution in [-0.2, 0) is 0 Å². The van der Waals surface area contributed by atoms with Crippen molar-refractivity contribution in [2.75, 3.05) is 5.32 Å². The molecule has 140 valence electrons. The van der Waals surface area contributed by atoms with Crippen molar-refractivity contribution in [1.29, 1.82) is 0 Å². The fraction of sp³-hybridized carbons (Fsp3) is 0.130. The zero-order chi connectivity index (χ0) is 19.5. The molecule has 0 aliphatic rings. The molecule has 1 heterocycles. The third-order valence-electron chi connectivity index (χ3n) is 4.60. The molecule has 0 spiro atoms. The summed E-state index contributed by atoms with van der Waals surface area (Å²) in [5, 5.41) is 12.0. The summed E-state index contributed by atoms with van der Waals surface area (Å²) in [7, 11) is 0. The summed E-state index contributed by atoms with van der Waals surface area (Å²) in [6.07, 6.45) is 0. The van der Waals surface area contributed by atoms with Crippen LogP contribution in [0.15, 0.2) is 77.2 Å². The highest BCUT2D eigenvalue weighted by Crippen LogP contribution is 2.30. The number of aryl methyl sites for hydroxylation is 2. The summed E-state index contributed by atoms with van der Waals surface area (Å²) in [6, 6.07) is 21.7. The van der Waals surface area contributed by atoms with E-state index >= 15 is 0 Å². The first-order chi connectivity index (χ1) is 13.6. The highest BCUT2D eigenvalue weighted by Gasteiger charge is 2.22. The van der Waals surface area contributed by atoms with Gasteiger partial charge in [0.25, 0.3) is 0 Å². The summed E-state index contributed by atoms with van der Waals surface area (Å²) in [5.74, 6) is 0.585. The van der Waals surface area contributed by atoms with Crippen molar-refractivity contribution in [1.82, 2.24) is 10.2 Å². The maximum Gasteiger partial charge on any atom is 0.247 e. The second-order valence-corrected chi connectivity index (χ2v) is 6.76. The molecule has 1 aromatic heterocycles. The fourth-order valence-corrected chi connectivity index (χ4v) is 3.04. The van der Waals surface area contributed by atoms with Crippen LogP contribution in [0.1, 0.15) is 28.6 Å². The number of hydrogen-bond acceptors (Lipinski definition) is 4. The van der Waals surface area contributed by atoms with Crippen molar-refractivity contribution in [3.63, 3.8) is 0 Å². The van der Waals surface area contributed by atoms with Gasteiger partial charge in [-0.2, -0.15) is 0 Å². The number of halogens is 1. The van der Waals surface area contributed by atoms with Crippen molar-refractivity contribution in [3.05, 3.63) is 101 Å². The summed E-state index contributed by atoms with van der Waals surface area (Å²) in [4.78, 5) is 0. The minimum atomic E-state index is -0.397. The second kappa shape index (κ2) is 7.64. The van der Waals surface area contributed by atoms with Crippen LogP contribution >= 0.6 is 0 Å². The highest BCUT2D eigenvalue weighted by molar-refractivity contribution is 5.56. The smallest absolute Gasteiger partial charge is 0.247 e. The Morgan fingerprint density at radius 3 is 2.39 bits per heavy atom. The van der Waals surface area contributed by atoms with Gasteiger partial charge in [0.05, 0.1) is 0 Å². The Hall–Kier alpha value is -3.47. The average Bonchev–Trinajstić information content (AvgIpc) is 3.20. The molecule has 0 radical (unpaired) electrons. The van der Waals surface area contributed by atoms with Crippen LogP contribution in [-0.4, -0.2) is 10.2 Å². The molecule has 0 saturated carbocycles. The zero-order valence-corrected chi connectivity index (χ0v) is 15.7. The summed E-state index contributed by atoms with van der Waals surface area (Å²) < 4.78 is 19.4. The Bertz CT molecular complexity index is 1070. The first-order valence-corrected chi connectivity index (χ1v) is 9.08. The van der Waals surface area contributed by atoms with Crippen LogP contribution in [0.3, 0.4) is 0 Å². The van der Waals surface area contributed by atoms with Gasteiger partial charge in [0, 0.05) is 11.3 Å². The van der Waals surface area contributed by atoms with E-state index < -0.39 is 6.04 Å². The topological polar surface area (TPSA) is 51.0 Å². The Morgan fingerprint density at radius 2 is 1.64 bits per heavy atom. The largest absolute Gasteiger partial charge is 0.418 e. The van der Waals surface area contributed by atoms with Crippen LogP contribution in [0.25, 0.3) is 11.5 Å². The van der Waals surface area contributed by atoms with E-state index in [0.29, 0.717) is 11.8 Å². The van der Waals surface area contributed by atoms with E-state index in [1.54, 1.807) is 12.1 Å². The first-order valence-electron chi connectivity index (χ1n) is 9.08. The van der Waals surface area contributed by atoms with Gasteiger partial charge in [-0.25, -0.2) is 4.39 Å². The van der Waals surface area contributed by atoms with Crippen LogP contribution in [0.2, 0.25) is 0 Å². The molecular formula is C23H20FN3O. The monoisotopic (exact) mass is 373 g/mol. The molecule has 0 fully saturated rings. The zero-order valence-electron chi connectivity index (χ0n) is 15.7. The fourth-order valence-electron chi connectivity index (χ4n) is 3.04. The molecule has 0 saturated heterocycles. The van der Waals surface area contributed by atoms with Gasteiger partial charge in [-0.15, -0.1) is 10.2 Å². The lowest BCUT2D eigenvalue weighted by Gasteiger charge is -2.19. The number of rotatable bonds is 5. The lowest BCUT2D eigenvalue weighted by Crippen LogP contribution is -2.14. The molecule has 1 atom stereocenters. The van der Waals surface area contributed by atoms with E-state index in [0.717, 1.165) is 27.9 Å². The number of nitrogens with zero attached hydrogens (tertiary/aromatic N) is 2. The predicted molar refractivity (Wildman–Crippen MR) is 108 cm³/mol. The Labute approximate surface area is 163 Å². The number of anilines is 1. The van der Waals surface area contributed by atoms with Crippen molar-refractivity contribution < 1.29 is 8.81 Å². The van der Waals surface area contributed by atoms with Crippen LogP contribution in [0, 0.1) is 19.7 Å². The lowest BCUT2D eigenvalue weighted by atomic mass is 10.0. The van der Waals surface area contributed by atoms with Crippen molar-refractivity contribution in [3.8, 4) is 11.5 Å². The van der Waals surface area contributed by atoms with Gasteiger partial charge in [-0.1, -0.05) is 42.5 Å². The Kier molecular flexibility index (Phi) is 4.89. The molecule has 1 N–H and O–H groups in total. The summed E-state index contributed by atoms with van der Waals surface area (Å²) in [6.45, 7) is 4.07. The molecule has 4 rings (SSSR count). The minimum Gasteiger partial charge on any atom is -0.418 e. The van der Waals surface area contributed by atoms with Crippen LogP contribution in [0.5, 0.6) is 0 Å². The van der Waals surface area contributed by atoms with E-state index in [1.807, 2.05) is 44.2 Å². The maximum absolute atomic E-state index is 13.5. The lowest BCUT2D eigenvalue weighted by molar-refractivity contribution is 0.493. The predicted octanol–water partition coefficient (Wildman–Crippen LogP) is 5.69. The van der Waals surface area contributed by atoms with Crippen molar-refractivity contribution in [2.45, 2.75) is 19.9 Å². The van der Waals surface area contributed by atoms with Crippen molar-refractivity contribution >= 4 is 5.69 Å². The molecule has 0 unspecified atom stereocenters. The number of nitrogens with one attached hydrogen (secondary N) is 1. The van der Waals surface area contributed by atoms with Gasteiger partial charge in [-0.3, -0.25) is 0 Å². The van der Waals surface area contributed by atoms with Crippen LogP contribution < -0.4 is 5.32 Å². The Morgan fingerprint density at radius 1 is 0.893 bits per heavy atom. The SMILES string of the molecule is Cc1ccc(C)c(N[C@H](c2ccc(F)cc2)c2nnc(-c3ccccc3)o2)c1. The van der Waals surface area contributed by atoms with Gasteiger partial charge in [0.15, 0.2) is 0 Å². The summed E-state index contributed by atoms with van der Waals surface area (Å²) >= 11 is 0. The van der Waals surface area contributed by atoms with Gasteiger partial charge >= 0.3 is 0 Å². The Balaban J connectivity index is 1.74. The number of hydrogen-bond donors (Lipinski definition) is 1. The van der Waals surface area contributed by atoms with E-state index in [1.165, 1.54) is 12.1 Å². The van der Waals surface area contributed by atoms with E-state index in [-0.39, 0.29) is 5.82 Å². The van der Waals surface area contributed by atoms with E-state index in [4.69, 9.17) is 4.42 Å². The van der Waals surface area contributed by atoms with E-state index in [9.17, 15) is 4.39 Å². The molecule has 0 aliphatic carbocycles. The third kappa shape index (κ3) is 3.78. The molecule has 4 nitrogen and oxygen atoms in total. The average molecular weight is 373 g/mol. The standard InChI is InChI=1S/C23H20FN3O/c1-15-8-9-16(2)20(14-15)25-21(17-10-12-19(24)13-11-17)23-27-26-22(28-23)18-6-4-3-5-7-18/h3-14,21,25H,1-2H3/t21-/m1/s1. The molecule has 4 aromatic rings. The van der Waals surface area contributed by atoms with Crippen LogP contribution in [0.4, 0.5) is 10.1 Å². The van der Waals surface area contributed by atoms with Crippen molar-refractivity contribution in [2.24, 2.45) is 0 Å². The molecule has 0 bridgehead atoms. The molecule has 28 heavy (non-hydrogen) atoms. The first kappa shape index (κ1) is 17.9. The quantitative estimate of drug-likeness (QED) is 0.488. The summed E-state index contributed by atoms with van der Waals surface area (Å²) in [5.41, 5.74) is 4.90. The number of aromatic nitrogens is 2. The molecular weight excluding hydrogens is 353 g/mol. The van der Waals surface area contributed by atoms with E-state index in [2.05, 4.69) is 33.7 Å². The normalized spacial score (nSPS) is 12.0. The second-order valence-electron chi connectivity index (χ2n) is 6.76.